The van der Waals surface area contributed by atoms with Gasteiger partial charge >= 0.3 is 0 Å². The largest absolute Gasteiger partial charge is 0.330 e. The van der Waals surface area contributed by atoms with Crippen LogP contribution in [0.15, 0.2) is 18.2 Å². The number of likely N-dealkylation sites (tertiary alicyclic amines) is 1. The maximum absolute atomic E-state index is 6.14. The number of nitrogens with zero attached hydrogens (tertiary/aromatic N) is 1. The van der Waals surface area contributed by atoms with E-state index in [1.54, 1.807) is 0 Å². The third-order valence-electron chi connectivity index (χ3n) is 4.77. The maximum atomic E-state index is 6.14. The number of rotatable bonds is 5. The van der Waals surface area contributed by atoms with E-state index in [1.807, 2.05) is 6.07 Å². The quantitative estimate of drug-likeness (QED) is 0.824. The van der Waals surface area contributed by atoms with Crippen LogP contribution in [0, 0.1) is 11.8 Å². The number of quaternary nitrogens is 1. The predicted molar refractivity (Wildman–Crippen MR) is 84.9 cm³/mol. The molecule has 1 heterocycles. The second-order valence-electron chi connectivity index (χ2n) is 6.70. The first kappa shape index (κ1) is 14.6. The zero-order valence-corrected chi connectivity index (χ0v) is 13.3. The van der Waals surface area contributed by atoms with Crippen LogP contribution in [-0.4, -0.2) is 30.7 Å². The summed E-state index contributed by atoms with van der Waals surface area (Å²) in [7, 11) is 0. The normalized spacial score (nSPS) is 29.9. The predicted octanol–water partition coefficient (Wildman–Crippen LogP) is 3.70. The van der Waals surface area contributed by atoms with Crippen molar-refractivity contribution < 1.29 is 4.48 Å². The molecule has 2 nitrogen and oxygen atoms in total. The van der Waals surface area contributed by atoms with Crippen molar-refractivity contribution in [3.63, 3.8) is 0 Å². The lowest BCUT2D eigenvalue weighted by Gasteiger charge is -2.35. The highest BCUT2D eigenvalue weighted by molar-refractivity contribution is 6.34. The minimum atomic E-state index is 0.684. The molecule has 4 heteroatoms. The zero-order chi connectivity index (χ0) is 14.2. The summed E-state index contributed by atoms with van der Waals surface area (Å²) in [6.07, 6.45) is 4.07. The maximum Gasteiger partial charge on any atom is 0.104 e. The van der Waals surface area contributed by atoms with Crippen LogP contribution in [0.25, 0.3) is 0 Å². The highest BCUT2D eigenvalue weighted by atomic mass is 35.5. The van der Waals surface area contributed by atoms with Gasteiger partial charge in [0.1, 0.15) is 6.54 Å². The van der Waals surface area contributed by atoms with Crippen molar-refractivity contribution >= 4 is 23.2 Å². The van der Waals surface area contributed by atoms with E-state index < -0.39 is 0 Å². The number of halogens is 2. The molecule has 2 fully saturated rings. The average molecular weight is 314 g/mol. The van der Waals surface area contributed by atoms with Crippen molar-refractivity contribution in [1.82, 2.24) is 0 Å². The monoisotopic (exact) mass is 313 g/mol. The number of benzene rings is 1. The van der Waals surface area contributed by atoms with Gasteiger partial charge in [-0.2, -0.15) is 0 Å². The Labute approximate surface area is 131 Å². The van der Waals surface area contributed by atoms with Gasteiger partial charge in [-0.05, 0) is 31.0 Å². The van der Waals surface area contributed by atoms with Gasteiger partial charge in [-0.3, -0.25) is 0 Å². The van der Waals surface area contributed by atoms with Crippen LogP contribution in [0.5, 0.6) is 0 Å². The van der Waals surface area contributed by atoms with Crippen LogP contribution in [0.1, 0.15) is 24.8 Å². The fraction of sp³-hybridized carbons (Fsp3) is 0.625. The molecule has 0 amide bonds. The number of nitrogens with two attached hydrogens (primary N) is 1. The third-order valence-corrected chi connectivity index (χ3v) is 5.21. The van der Waals surface area contributed by atoms with Gasteiger partial charge in [0.15, 0.2) is 0 Å². The molecule has 2 N–H and O–H groups in total. The third kappa shape index (κ3) is 3.48. The van der Waals surface area contributed by atoms with Crippen molar-refractivity contribution in [1.29, 1.82) is 0 Å². The van der Waals surface area contributed by atoms with E-state index >= 15 is 0 Å². The van der Waals surface area contributed by atoms with Crippen LogP contribution in [0.4, 0.5) is 0 Å². The van der Waals surface area contributed by atoms with E-state index in [4.69, 9.17) is 28.9 Å². The summed E-state index contributed by atoms with van der Waals surface area (Å²) < 4.78 is 1.18. The minimum absolute atomic E-state index is 0.684. The molecule has 1 aromatic carbocycles. The Morgan fingerprint density at radius 3 is 2.30 bits per heavy atom. The summed E-state index contributed by atoms with van der Waals surface area (Å²) in [6.45, 7) is 5.65. The summed E-state index contributed by atoms with van der Waals surface area (Å²) in [5.74, 6) is 1.62. The van der Waals surface area contributed by atoms with Crippen LogP contribution >= 0.6 is 23.2 Å². The molecule has 0 spiro atoms. The lowest BCUT2D eigenvalue weighted by atomic mass is 10.1. The van der Waals surface area contributed by atoms with Gasteiger partial charge in [0, 0.05) is 40.4 Å². The molecule has 1 saturated heterocycles. The molecule has 0 bridgehead atoms. The summed E-state index contributed by atoms with van der Waals surface area (Å²) in [5, 5.41) is 1.48. The molecule has 0 radical (unpaired) electrons. The Morgan fingerprint density at radius 1 is 1.05 bits per heavy atom. The van der Waals surface area contributed by atoms with Crippen molar-refractivity contribution in [2.75, 3.05) is 26.2 Å². The van der Waals surface area contributed by atoms with E-state index in [2.05, 4.69) is 12.1 Å². The first-order valence-electron chi connectivity index (χ1n) is 7.59. The Kier molecular flexibility index (Phi) is 4.28. The van der Waals surface area contributed by atoms with Gasteiger partial charge in [0.2, 0.25) is 0 Å². The van der Waals surface area contributed by atoms with E-state index in [0.717, 1.165) is 29.1 Å². The fourth-order valence-corrected chi connectivity index (χ4v) is 4.26. The molecule has 1 saturated carbocycles. The first-order valence-corrected chi connectivity index (χ1v) is 8.34. The SMILES string of the molecule is NC[C@@H]1CC[N+](Cc2cc(Cl)cc(Cl)c2)(CC2CC2)C1. The van der Waals surface area contributed by atoms with Gasteiger partial charge in [-0.25, -0.2) is 0 Å². The highest BCUT2D eigenvalue weighted by Crippen LogP contribution is 2.37. The minimum Gasteiger partial charge on any atom is -0.330 e. The van der Waals surface area contributed by atoms with Crippen molar-refractivity contribution in [3.05, 3.63) is 33.8 Å². The molecule has 0 aromatic heterocycles. The van der Waals surface area contributed by atoms with Gasteiger partial charge in [-0.15, -0.1) is 0 Å². The fourth-order valence-electron chi connectivity index (χ4n) is 3.69. The second-order valence-corrected chi connectivity index (χ2v) is 7.57. The van der Waals surface area contributed by atoms with Gasteiger partial charge < -0.3 is 10.2 Å². The molecular weight excluding hydrogens is 291 g/mol. The smallest absolute Gasteiger partial charge is 0.104 e. The molecule has 1 aromatic rings. The van der Waals surface area contributed by atoms with Crippen LogP contribution < -0.4 is 5.73 Å². The van der Waals surface area contributed by atoms with Gasteiger partial charge in [0.05, 0.1) is 19.6 Å². The molecule has 2 atom stereocenters. The molecule has 3 rings (SSSR count). The Morgan fingerprint density at radius 2 is 1.75 bits per heavy atom. The Bertz CT molecular complexity index is 467. The van der Waals surface area contributed by atoms with Crippen molar-refractivity contribution in [3.8, 4) is 0 Å². The van der Waals surface area contributed by atoms with Crippen molar-refractivity contribution in [2.45, 2.75) is 25.8 Å². The van der Waals surface area contributed by atoms with E-state index in [-0.39, 0.29) is 0 Å². The average Bonchev–Trinajstić information content (AvgIpc) is 3.08. The van der Waals surface area contributed by atoms with E-state index in [0.29, 0.717) is 5.92 Å². The molecule has 1 aliphatic heterocycles. The molecule has 1 unspecified atom stereocenters. The summed E-state index contributed by atoms with van der Waals surface area (Å²) >= 11 is 12.3. The Balaban J connectivity index is 1.78. The zero-order valence-electron chi connectivity index (χ0n) is 11.8. The van der Waals surface area contributed by atoms with E-state index in [1.165, 1.54) is 48.9 Å². The van der Waals surface area contributed by atoms with Crippen molar-refractivity contribution in [2.24, 2.45) is 17.6 Å². The van der Waals surface area contributed by atoms with E-state index in [9.17, 15) is 0 Å². The molecule has 2 aliphatic rings. The van der Waals surface area contributed by atoms with Gasteiger partial charge in [-0.1, -0.05) is 23.2 Å². The van der Waals surface area contributed by atoms with Crippen LogP contribution in [-0.2, 0) is 6.54 Å². The Hall–Kier alpha value is -0.280. The molecule has 1 aliphatic carbocycles. The molecular formula is C16H23Cl2N2+. The van der Waals surface area contributed by atoms with Crippen LogP contribution in [0.3, 0.4) is 0 Å². The molecule has 20 heavy (non-hydrogen) atoms. The summed E-state index contributed by atoms with van der Waals surface area (Å²) in [4.78, 5) is 0. The molecule has 110 valence electrons. The lowest BCUT2D eigenvalue weighted by Crippen LogP contribution is -2.47. The summed E-state index contributed by atoms with van der Waals surface area (Å²) in [5.41, 5.74) is 7.16. The summed E-state index contributed by atoms with van der Waals surface area (Å²) in [6, 6.07) is 5.94. The standard InChI is InChI=1S/C16H23Cl2N2/c17-15-5-14(6-16(18)7-15)11-20(9-12-1-2-12)4-3-13(8-19)10-20/h5-7,12-13H,1-4,8-11,19H2/q+1/t13-,20?/m0/s1. The second kappa shape index (κ2) is 5.84. The number of hydrogen-bond acceptors (Lipinski definition) is 1. The first-order chi connectivity index (χ1) is 9.58. The topological polar surface area (TPSA) is 26.0 Å². The number of hydrogen-bond donors (Lipinski definition) is 1. The van der Waals surface area contributed by atoms with Crippen LogP contribution in [0.2, 0.25) is 10.0 Å². The van der Waals surface area contributed by atoms with Gasteiger partial charge in [0.25, 0.3) is 0 Å². The lowest BCUT2D eigenvalue weighted by molar-refractivity contribution is -0.932. The highest BCUT2D eigenvalue weighted by Gasteiger charge is 2.42.